The van der Waals surface area contributed by atoms with Gasteiger partial charge < -0.3 is 21.1 Å². The third-order valence-electron chi connectivity index (χ3n) is 6.14. The van der Waals surface area contributed by atoms with Gasteiger partial charge in [0.15, 0.2) is 0 Å². The van der Waals surface area contributed by atoms with Gasteiger partial charge in [0.1, 0.15) is 5.82 Å². The third-order valence-corrected chi connectivity index (χ3v) is 6.56. The quantitative estimate of drug-likeness (QED) is 0.335. The highest BCUT2D eigenvalue weighted by Crippen LogP contribution is 2.31. The van der Waals surface area contributed by atoms with Crippen LogP contribution >= 0.6 is 11.6 Å². The van der Waals surface area contributed by atoms with E-state index in [1.165, 1.54) is 0 Å². The molecule has 1 fully saturated rings. The number of nitrogens with one attached hydrogen (secondary N) is 3. The zero-order valence-electron chi connectivity index (χ0n) is 20.0. The van der Waals surface area contributed by atoms with Crippen LogP contribution in [0, 0.1) is 6.92 Å². The Morgan fingerprint density at radius 1 is 1.19 bits per heavy atom. The normalized spacial score (nSPS) is 17.9. The molecular formula is C24H27ClF3N7O2. The Labute approximate surface area is 216 Å². The summed E-state index contributed by atoms with van der Waals surface area (Å²) in [6, 6.07) is 4.88. The predicted molar refractivity (Wildman–Crippen MR) is 134 cm³/mol. The number of alkyl halides is 3. The van der Waals surface area contributed by atoms with Crippen molar-refractivity contribution in [3.05, 3.63) is 47.4 Å². The van der Waals surface area contributed by atoms with Crippen molar-refractivity contribution in [3.63, 3.8) is 0 Å². The summed E-state index contributed by atoms with van der Waals surface area (Å²) in [6.07, 6.45) is 2.11. The molecule has 1 amide bonds. The number of rotatable bonds is 8. The van der Waals surface area contributed by atoms with E-state index in [1.807, 2.05) is 19.1 Å². The van der Waals surface area contributed by atoms with Crippen molar-refractivity contribution in [2.45, 2.75) is 57.4 Å². The first-order valence-electron chi connectivity index (χ1n) is 11.8. The summed E-state index contributed by atoms with van der Waals surface area (Å²) < 4.78 is 39.4. The average Bonchev–Trinajstić information content (AvgIpc) is 3.31. The fourth-order valence-electron chi connectivity index (χ4n) is 4.18. The number of aliphatic hydroxyl groups excluding tert-OH is 1. The van der Waals surface area contributed by atoms with Crippen LogP contribution in [0.5, 0.6) is 0 Å². The van der Waals surface area contributed by atoms with E-state index in [2.05, 4.69) is 31.0 Å². The van der Waals surface area contributed by atoms with E-state index in [9.17, 15) is 23.1 Å². The molecule has 0 aliphatic heterocycles. The van der Waals surface area contributed by atoms with Gasteiger partial charge in [-0.3, -0.25) is 9.48 Å². The maximum absolute atomic E-state index is 12.6. The fourth-order valence-corrected chi connectivity index (χ4v) is 4.30. The van der Waals surface area contributed by atoms with Gasteiger partial charge in [0, 0.05) is 46.3 Å². The van der Waals surface area contributed by atoms with Crippen LogP contribution < -0.4 is 16.0 Å². The molecule has 3 aromatic rings. The molecule has 1 aliphatic carbocycles. The number of amides is 1. The second-order valence-corrected chi connectivity index (χ2v) is 9.33. The standard InChI is InChI=1S/C24H27ClF3N7O2/c1-14-10-18(6-7-20(14)25)33-23-29-12-19(15-11-30-35(13-15)8-9-36)21(34-23)31-16-2-4-17(5-3-16)32-22(37)24(26,27)28/h6-7,10-13,16-17,36H,2-5,8-9H2,1H3,(H,32,37)(H2,29,31,33,34). The first-order chi connectivity index (χ1) is 17.6. The van der Waals surface area contributed by atoms with Crippen molar-refractivity contribution in [3.8, 4) is 11.1 Å². The number of nitrogens with zero attached hydrogens (tertiary/aromatic N) is 4. The van der Waals surface area contributed by atoms with Crippen LogP contribution in [0.15, 0.2) is 36.8 Å². The van der Waals surface area contributed by atoms with Crippen LogP contribution in [-0.2, 0) is 11.3 Å². The Kier molecular flexibility index (Phi) is 8.18. The van der Waals surface area contributed by atoms with Crippen LogP contribution in [0.4, 0.5) is 30.6 Å². The maximum Gasteiger partial charge on any atom is 0.471 e. The second kappa shape index (κ2) is 11.3. The molecule has 2 heterocycles. The highest BCUT2D eigenvalue weighted by Gasteiger charge is 2.40. The van der Waals surface area contributed by atoms with E-state index in [4.69, 9.17) is 11.6 Å². The Hall–Kier alpha value is -3.38. The van der Waals surface area contributed by atoms with E-state index in [1.54, 1.807) is 29.3 Å². The van der Waals surface area contributed by atoms with Gasteiger partial charge in [-0.1, -0.05) is 11.6 Å². The molecule has 4 rings (SSSR count). The zero-order chi connectivity index (χ0) is 26.6. The molecule has 1 aromatic carbocycles. The van der Waals surface area contributed by atoms with Crippen molar-refractivity contribution >= 4 is 35.0 Å². The van der Waals surface area contributed by atoms with Gasteiger partial charge in [0.05, 0.1) is 19.3 Å². The van der Waals surface area contributed by atoms with Crippen molar-refractivity contribution in [1.82, 2.24) is 25.1 Å². The van der Waals surface area contributed by atoms with Gasteiger partial charge in [-0.2, -0.15) is 23.3 Å². The van der Waals surface area contributed by atoms with Crippen LogP contribution in [0.1, 0.15) is 31.2 Å². The molecule has 1 saturated carbocycles. The van der Waals surface area contributed by atoms with Crippen LogP contribution in [-0.4, -0.2) is 55.6 Å². The number of carbonyl (C=O) groups is 1. The van der Waals surface area contributed by atoms with Gasteiger partial charge in [-0.05, 0) is 56.4 Å². The summed E-state index contributed by atoms with van der Waals surface area (Å²) in [5.74, 6) is -1.02. The lowest BCUT2D eigenvalue weighted by molar-refractivity contribution is -0.174. The van der Waals surface area contributed by atoms with E-state index in [-0.39, 0.29) is 12.6 Å². The van der Waals surface area contributed by atoms with Gasteiger partial charge in [0.25, 0.3) is 0 Å². The highest BCUT2D eigenvalue weighted by molar-refractivity contribution is 6.31. The summed E-state index contributed by atoms with van der Waals surface area (Å²) in [6.45, 7) is 2.18. The number of aromatic nitrogens is 4. The van der Waals surface area contributed by atoms with Crippen molar-refractivity contribution in [2.75, 3.05) is 17.2 Å². The van der Waals surface area contributed by atoms with Crippen LogP contribution in [0.25, 0.3) is 11.1 Å². The third kappa shape index (κ3) is 6.89. The van der Waals surface area contributed by atoms with Crippen molar-refractivity contribution < 1.29 is 23.1 Å². The number of carbonyl (C=O) groups excluding carboxylic acids is 1. The molecule has 198 valence electrons. The molecule has 0 saturated heterocycles. The maximum atomic E-state index is 12.6. The Morgan fingerprint density at radius 2 is 1.92 bits per heavy atom. The summed E-state index contributed by atoms with van der Waals surface area (Å²) in [7, 11) is 0. The first kappa shape index (κ1) is 26.7. The molecule has 2 aromatic heterocycles. The number of halogens is 4. The topological polar surface area (TPSA) is 117 Å². The molecule has 1 aliphatic rings. The summed E-state index contributed by atoms with van der Waals surface area (Å²) in [4.78, 5) is 20.4. The average molecular weight is 538 g/mol. The summed E-state index contributed by atoms with van der Waals surface area (Å²) in [5, 5.41) is 22.7. The monoisotopic (exact) mass is 537 g/mol. The van der Waals surface area contributed by atoms with E-state index in [0.717, 1.165) is 16.8 Å². The Bertz CT molecular complexity index is 1240. The van der Waals surface area contributed by atoms with E-state index >= 15 is 0 Å². The first-order valence-corrected chi connectivity index (χ1v) is 12.2. The van der Waals surface area contributed by atoms with E-state index < -0.39 is 18.1 Å². The fraction of sp³-hybridized carbons (Fsp3) is 0.417. The summed E-state index contributed by atoms with van der Waals surface area (Å²) in [5.41, 5.74) is 3.09. The molecule has 0 radical (unpaired) electrons. The summed E-state index contributed by atoms with van der Waals surface area (Å²) >= 11 is 6.12. The lowest BCUT2D eigenvalue weighted by Gasteiger charge is -2.30. The minimum atomic E-state index is -4.89. The SMILES string of the molecule is Cc1cc(Nc2ncc(-c3cnn(CCO)c3)c(NC3CCC(NC(=O)C(F)(F)F)CC3)n2)ccc1Cl. The molecule has 0 spiro atoms. The number of aliphatic hydroxyl groups is 1. The lowest BCUT2D eigenvalue weighted by Crippen LogP contribution is -2.45. The Morgan fingerprint density at radius 3 is 2.59 bits per heavy atom. The molecule has 9 nitrogen and oxygen atoms in total. The van der Waals surface area contributed by atoms with Gasteiger partial charge in [0.2, 0.25) is 5.95 Å². The van der Waals surface area contributed by atoms with Crippen LogP contribution in [0.2, 0.25) is 5.02 Å². The molecule has 13 heteroatoms. The minimum absolute atomic E-state index is 0.0553. The van der Waals surface area contributed by atoms with Crippen LogP contribution in [0.3, 0.4) is 0 Å². The lowest BCUT2D eigenvalue weighted by atomic mass is 9.91. The van der Waals surface area contributed by atoms with Crippen molar-refractivity contribution in [1.29, 1.82) is 0 Å². The molecule has 4 N–H and O–H groups in total. The van der Waals surface area contributed by atoms with Gasteiger partial charge >= 0.3 is 12.1 Å². The number of aryl methyl sites for hydroxylation is 1. The minimum Gasteiger partial charge on any atom is -0.394 e. The molecule has 0 bridgehead atoms. The largest absolute Gasteiger partial charge is 0.471 e. The number of hydrogen-bond donors (Lipinski definition) is 4. The molecule has 0 atom stereocenters. The number of hydrogen-bond acceptors (Lipinski definition) is 7. The van der Waals surface area contributed by atoms with Crippen molar-refractivity contribution in [2.24, 2.45) is 0 Å². The van der Waals surface area contributed by atoms with Gasteiger partial charge in [-0.15, -0.1) is 0 Å². The van der Waals surface area contributed by atoms with E-state index in [0.29, 0.717) is 54.6 Å². The van der Waals surface area contributed by atoms with Gasteiger partial charge in [-0.25, -0.2) is 4.98 Å². The molecular weight excluding hydrogens is 511 g/mol. The smallest absolute Gasteiger partial charge is 0.394 e. The zero-order valence-corrected chi connectivity index (χ0v) is 20.8. The molecule has 0 unspecified atom stereocenters. The Balaban J connectivity index is 1.52. The predicted octanol–water partition coefficient (Wildman–Crippen LogP) is 4.44. The second-order valence-electron chi connectivity index (χ2n) is 8.92. The number of benzene rings is 1. The highest BCUT2D eigenvalue weighted by atomic mass is 35.5. The molecule has 37 heavy (non-hydrogen) atoms. The number of anilines is 3.